The third-order valence-corrected chi connectivity index (χ3v) is 16.9. The molecule has 1 nitrogen and oxygen atoms in total. The molecule has 296 valence electrons. The van der Waals surface area contributed by atoms with Crippen molar-refractivity contribution in [2.24, 2.45) is 29.1 Å². The van der Waals surface area contributed by atoms with Crippen molar-refractivity contribution in [1.82, 2.24) is 0 Å². The zero-order valence-electron chi connectivity index (χ0n) is 35.2. The fourth-order valence-electron chi connectivity index (χ4n) is 14.2. The van der Waals surface area contributed by atoms with Crippen molar-refractivity contribution in [3.05, 3.63) is 215 Å². The highest BCUT2D eigenvalue weighted by atomic mass is 14.9. The fraction of sp³-hybridized carbons (Fsp3) is 0.233. The quantitative estimate of drug-likeness (QED) is 0.162. The number of hydrogen-bond acceptors (Lipinski definition) is 1. The Bertz CT molecular complexity index is 2930. The summed E-state index contributed by atoms with van der Waals surface area (Å²) in [6, 6.07) is 52.7. The van der Waals surface area contributed by atoms with E-state index in [-0.39, 0.29) is 10.8 Å². The summed E-state index contributed by atoms with van der Waals surface area (Å²) in [6.45, 7) is 4.83. The van der Waals surface area contributed by atoms with Gasteiger partial charge in [-0.1, -0.05) is 166 Å². The molecule has 6 aromatic rings. The molecule has 0 radical (unpaired) electrons. The van der Waals surface area contributed by atoms with Crippen LogP contribution in [-0.2, 0) is 10.8 Å². The molecule has 4 atom stereocenters. The van der Waals surface area contributed by atoms with Crippen LogP contribution in [-0.4, -0.2) is 0 Å². The maximum Gasteiger partial charge on any atom is 0.0380 e. The summed E-state index contributed by atoms with van der Waals surface area (Å²) in [5.74, 6) is 3.68. The zero-order valence-corrected chi connectivity index (χ0v) is 35.2. The molecule has 0 bridgehead atoms. The Morgan fingerprint density at radius 2 is 1.26 bits per heavy atom. The van der Waals surface area contributed by atoms with Crippen molar-refractivity contribution in [3.63, 3.8) is 0 Å². The van der Waals surface area contributed by atoms with Gasteiger partial charge in [-0.05, 0) is 169 Å². The van der Waals surface area contributed by atoms with Crippen LogP contribution in [0.25, 0.3) is 50.6 Å². The van der Waals surface area contributed by atoms with Gasteiger partial charge in [-0.25, -0.2) is 0 Å². The maximum absolute atomic E-state index is 3.63. The summed E-state index contributed by atoms with van der Waals surface area (Å²) in [4.78, 5) is 0. The van der Waals surface area contributed by atoms with Gasteiger partial charge < -0.3 is 5.32 Å². The molecule has 4 fully saturated rings. The van der Waals surface area contributed by atoms with Gasteiger partial charge in [-0.2, -0.15) is 0 Å². The highest BCUT2D eigenvalue weighted by Gasteiger charge is 2.90. The largest absolute Gasteiger partial charge is 0.362 e. The van der Waals surface area contributed by atoms with Crippen molar-refractivity contribution >= 4 is 22.9 Å². The van der Waals surface area contributed by atoms with E-state index in [1.165, 1.54) is 91.6 Å². The van der Waals surface area contributed by atoms with E-state index in [1.807, 2.05) is 0 Å². The van der Waals surface area contributed by atoms with Crippen molar-refractivity contribution in [1.29, 1.82) is 0 Å². The molecule has 0 heterocycles. The minimum atomic E-state index is -0.215. The smallest absolute Gasteiger partial charge is 0.0380 e. The summed E-state index contributed by atoms with van der Waals surface area (Å²) < 4.78 is 0. The topological polar surface area (TPSA) is 12.0 Å². The number of anilines is 1. The highest BCUT2D eigenvalue weighted by Crippen LogP contribution is 2.95. The second-order valence-electron chi connectivity index (χ2n) is 19.6. The van der Waals surface area contributed by atoms with Gasteiger partial charge in [0, 0.05) is 22.7 Å². The van der Waals surface area contributed by atoms with Gasteiger partial charge in [-0.15, -0.1) is 0 Å². The molecular weight excluding hydrogens is 735 g/mol. The lowest BCUT2D eigenvalue weighted by atomic mass is 9.11. The number of hydrogen-bond donors (Lipinski definition) is 1. The van der Waals surface area contributed by atoms with Crippen LogP contribution in [0.4, 0.5) is 5.69 Å². The molecule has 7 aliphatic rings. The van der Waals surface area contributed by atoms with Gasteiger partial charge in [0.15, 0.2) is 0 Å². The predicted octanol–water partition coefficient (Wildman–Crippen LogP) is 15.1. The Morgan fingerprint density at radius 3 is 2.03 bits per heavy atom. The lowest BCUT2D eigenvalue weighted by molar-refractivity contribution is -0.412. The standard InChI is InChI=1S/C60H51N/c1-58(2)51(32-33-61-46-28-25-42(26-29-46)40-14-7-4-8-15-40)48(30-22-38-20-23-41(24-21-38)39-12-5-3-6-13-39)49-31-27-43(34-54(49)58)47-17-11-19-53-57(47)50-16-9-10-18-52(50)60(53)55-36-44-35-45-37-56(60)59(44,45)55/h3,5-7,9-34,44-45,55-56,61H,4,8,35-37H2,1-2H3/b30-22-,33-32+. The minimum Gasteiger partial charge on any atom is -0.362 e. The first-order valence-electron chi connectivity index (χ1n) is 22.8. The average molecular weight is 786 g/mol. The second kappa shape index (κ2) is 12.9. The maximum atomic E-state index is 3.63. The van der Waals surface area contributed by atoms with Crippen molar-refractivity contribution in [3.8, 4) is 33.4 Å². The summed E-state index contributed by atoms with van der Waals surface area (Å²) >= 11 is 0. The van der Waals surface area contributed by atoms with Crippen LogP contribution in [0.5, 0.6) is 0 Å². The van der Waals surface area contributed by atoms with E-state index in [0.717, 1.165) is 42.2 Å². The third kappa shape index (κ3) is 4.73. The van der Waals surface area contributed by atoms with Crippen molar-refractivity contribution < 1.29 is 0 Å². The van der Waals surface area contributed by atoms with Gasteiger partial charge in [0.2, 0.25) is 0 Å². The zero-order chi connectivity index (χ0) is 40.5. The number of allylic oxidation sites excluding steroid dienone is 8. The van der Waals surface area contributed by atoms with Gasteiger partial charge in [-0.3, -0.25) is 0 Å². The van der Waals surface area contributed by atoms with Crippen LogP contribution in [0, 0.1) is 29.1 Å². The van der Waals surface area contributed by atoms with E-state index in [1.54, 1.807) is 11.1 Å². The molecule has 61 heavy (non-hydrogen) atoms. The van der Waals surface area contributed by atoms with E-state index >= 15 is 0 Å². The predicted molar refractivity (Wildman–Crippen MR) is 255 cm³/mol. The summed E-state index contributed by atoms with van der Waals surface area (Å²) in [5.41, 5.74) is 22.3. The van der Waals surface area contributed by atoms with Gasteiger partial charge in [0.25, 0.3) is 0 Å². The van der Waals surface area contributed by atoms with Crippen molar-refractivity contribution in [2.45, 2.75) is 56.8 Å². The fourth-order valence-corrected chi connectivity index (χ4v) is 14.2. The van der Waals surface area contributed by atoms with Crippen LogP contribution < -0.4 is 5.32 Å². The first-order chi connectivity index (χ1) is 30.0. The van der Waals surface area contributed by atoms with E-state index in [2.05, 4.69) is 201 Å². The summed E-state index contributed by atoms with van der Waals surface area (Å²) in [6.07, 6.45) is 22.6. The Hall–Kier alpha value is -6.18. The monoisotopic (exact) mass is 785 g/mol. The van der Waals surface area contributed by atoms with E-state index < -0.39 is 0 Å². The van der Waals surface area contributed by atoms with Crippen molar-refractivity contribution in [2.75, 3.05) is 5.32 Å². The van der Waals surface area contributed by atoms with Gasteiger partial charge in [0.05, 0.1) is 0 Å². The number of rotatable bonds is 8. The Labute approximate surface area is 361 Å². The summed E-state index contributed by atoms with van der Waals surface area (Å²) in [7, 11) is 0. The normalized spacial score (nSPS) is 27.6. The highest BCUT2D eigenvalue weighted by molar-refractivity contribution is 5.96. The van der Waals surface area contributed by atoms with E-state index in [4.69, 9.17) is 0 Å². The van der Waals surface area contributed by atoms with Crippen LogP contribution in [0.3, 0.4) is 0 Å². The van der Waals surface area contributed by atoms with E-state index in [9.17, 15) is 0 Å². The molecule has 0 aromatic heterocycles. The Kier molecular flexibility index (Phi) is 7.53. The molecule has 6 aromatic carbocycles. The first kappa shape index (κ1) is 35.6. The van der Waals surface area contributed by atoms with Gasteiger partial charge in [0.1, 0.15) is 0 Å². The van der Waals surface area contributed by atoms with Gasteiger partial charge >= 0.3 is 0 Å². The number of benzene rings is 6. The molecule has 1 N–H and O–H groups in total. The lowest BCUT2D eigenvalue weighted by Gasteiger charge is -2.92. The number of nitrogens with one attached hydrogen (secondary N) is 1. The molecule has 0 aliphatic heterocycles. The molecule has 0 saturated heterocycles. The SMILES string of the molecule is CC1(C)C(/C=C/Nc2ccc(C3=CCCC=C3)cc2)=C(/C=C\c2ccc(-c3ccccc3)cc2)c2ccc(-c3cccc4c3-c3ccccc3C43C4CC5CC6CC3C564)cc21. The Balaban J connectivity index is 0.870. The summed E-state index contributed by atoms with van der Waals surface area (Å²) in [5, 5.41) is 3.63. The lowest BCUT2D eigenvalue weighted by Crippen LogP contribution is -2.88. The molecule has 0 amide bonds. The molecular formula is C60H51N. The van der Waals surface area contributed by atoms with Crippen LogP contribution in [0.2, 0.25) is 0 Å². The third-order valence-electron chi connectivity index (χ3n) is 16.9. The molecule has 4 saturated carbocycles. The molecule has 1 heteroatoms. The van der Waals surface area contributed by atoms with Crippen LogP contribution in [0.15, 0.2) is 182 Å². The van der Waals surface area contributed by atoms with Crippen LogP contribution >= 0.6 is 0 Å². The molecule has 4 unspecified atom stereocenters. The molecule has 13 rings (SSSR count). The van der Waals surface area contributed by atoms with Crippen LogP contribution in [0.1, 0.15) is 79.3 Å². The second-order valence-corrected chi connectivity index (χ2v) is 19.6. The minimum absolute atomic E-state index is 0.215. The first-order valence-corrected chi connectivity index (χ1v) is 22.8. The molecule has 7 aliphatic carbocycles. The van der Waals surface area contributed by atoms with E-state index in [0.29, 0.717) is 5.41 Å². The number of fused-ring (bicyclic) bond motifs is 8. The Morgan fingerprint density at radius 1 is 0.557 bits per heavy atom. The molecule has 2 spiro atoms. The average Bonchev–Trinajstić information content (AvgIpc) is 3.70.